The van der Waals surface area contributed by atoms with Crippen LogP contribution >= 0.6 is 0 Å². The van der Waals surface area contributed by atoms with E-state index in [-0.39, 0.29) is 18.4 Å². The van der Waals surface area contributed by atoms with Crippen molar-refractivity contribution in [2.75, 3.05) is 7.11 Å². The van der Waals surface area contributed by atoms with Crippen molar-refractivity contribution in [1.29, 1.82) is 0 Å². The van der Waals surface area contributed by atoms with Crippen LogP contribution in [0.25, 0.3) is 0 Å². The predicted molar refractivity (Wildman–Crippen MR) is 88.7 cm³/mol. The van der Waals surface area contributed by atoms with E-state index in [9.17, 15) is 9.59 Å². The molecule has 0 saturated carbocycles. The Morgan fingerprint density at radius 2 is 1.79 bits per heavy atom. The third-order valence-corrected chi connectivity index (χ3v) is 4.20. The van der Waals surface area contributed by atoms with E-state index in [1.165, 1.54) is 4.90 Å². The number of imide groups is 1. The zero-order chi connectivity index (χ0) is 17.1. The molecule has 1 aliphatic heterocycles. The molecule has 0 aromatic heterocycles. The average Bonchev–Trinajstić information content (AvgIpc) is 2.90. The van der Waals surface area contributed by atoms with Crippen molar-refractivity contribution in [3.63, 3.8) is 0 Å². The zero-order valence-corrected chi connectivity index (χ0v) is 13.6. The molecule has 0 radical (unpaired) electrons. The van der Waals surface area contributed by atoms with Crippen molar-refractivity contribution in [3.05, 3.63) is 65.7 Å². The predicted octanol–water partition coefficient (Wildman–Crippen LogP) is 3.35. The second-order valence-corrected chi connectivity index (χ2v) is 5.71. The molecule has 0 aliphatic carbocycles. The number of nitrogens with zero attached hydrogens (tertiary/aromatic N) is 1. The van der Waals surface area contributed by atoms with Crippen LogP contribution in [-0.2, 0) is 16.0 Å². The molecule has 5 nitrogen and oxygen atoms in total. The lowest BCUT2D eigenvalue weighted by Gasteiger charge is -2.19. The summed E-state index contributed by atoms with van der Waals surface area (Å²) in [5.41, 5.74) is 1.62. The number of methoxy groups -OCH3 is 1. The third kappa shape index (κ3) is 2.97. The van der Waals surface area contributed by atoms with Crippen LogP contribution in [0.1, 0.15) is 24.2 Å². The first-order valence-electron chi connectivity index (χ1n) is 7.81. The Balaban J connectivity index is 1.79. The fraction of sp³-hybridized carbons (Fsp3) is 0.263. The molecule has 0 spiro atoms. The molecule has 2 aromatic rings. The Kier molecular flexibility index (Phi) is 4.51. The smallest absolute Gasteiger partial charge is 0.417 e. The second kappa shape index (κ2) is 6.74. The number of hydrogen-bond acceptors (Lipinski definition) is 4. The maximum atomic E-state index is 12.7. The minimum absolute atomic E-state index is 0.0883. The molecule has 1 fully saturated rings. The van der Waals surface area contributed by atoms with Gasteiger partial charge in [-0.15, -0.1) is 0 Å². The quantitative estimate of drug-likeness (QED) is 0.865. The lowest BCUT2D eigenvalue weighted by Crippen LogP contribution is -2.38. The van der Waals surface area contributed by atoms with Crippen LogP contribution in [0.15, 0.2) is 54.6 Å². The number of carbonyl (C=O) groups is 2. The van der Waals surface area contributed by atoms with E-state index in [4.69, 9.17) is 9.47 Å². The first-order valence-corrected chi connectivity index (χ1v) is 7.81. The Morgan fingerprint density at radius 3 is 2.50 bits per heavy atom. The minimum atomic E-state index is -0.601. The first-order chi connectivity index (χ1) is 11.6. The molecule has 0 N–H and O–H groups in total. The SMILES string of the molecule is COc1ccccc1CC(=O)N1C(=O)OC(c2ccccc2)C1C. The number of ether oxygens (including phenoxy) is 2. The second-order valence-electron chi connectivity index (χ2n) is 5.71. The van der Waals surface area contributed by atoms with Gasteiger partial charge in [0.2, 0.25) is 5.91 Å². The molecule has 124 valence electrons. The molecule has 24 heavy (non-hydrogen) atoms. The van der Waals surface area contributed by atoms with E-state index in [1.54, 1.807) is 13.2 Å². The van der Waals surface area contributed by atoms with Crippen molar-refractivity contribution < 1.29 is 19.1 Å². The highest BCUT2D eigenvalue weighted by Crippen LogP contribution is 2.33. The maximum Gasteiger partial charge on any atom is 0.417 e. The highest BCUT2D eigenvalue weighted by Gasteiger charge is 2.43. The zero-order valence-electron chi connectivity index (χ0n) is 13.6. The Morgan fingerprint density at radius 1 is 1.12 bits per heavy atom. The van der Waals surface area contributed by atoms with Crippen LogP contribution in [0.4, 0.5) is 4.79 Å². The molecule has 2 atom stereocenters. The summed E-state index contributed by atoms with van der Waals surface area (Å²) in [6, 6.07) is 16.4. The van der Waals surface area contributed by atoms with Gasteiger partial charge in [-0.25, -0.2) is 9.69 Å². The van der Waals surface area contributed by atoms with Crippen LogP contribution in [0.2, 0.25) is 0 Å². The van der Waals surface area contributed by atoms with E-state index in [0.717, 1.165) is 11.1 Å². The molecule has 2 amide bonds. The summed E-state index contributed by atoms with van der Waals surface area (Å²) in [5.74, 6) is 0.334. The maximum absolute atomic E-state index is 12.7. The van der Waals surface area contributed by atoms with Crippen LogP contribution in [-0.4, -0.2) is 30.1 Å². The fourth-order valence-electron chi connectivity index (χ4n) is 2.98. The molecule has 3 rings (SSSR count). The van der Waals surface area contributed by atoms with Gasteiger partial charge in [0.1, 0.15) is 11.9 Å². The first kappa shape index (κ1) is 16.1. The molecule has 1 heterocycles. The Hall–Kier alpha value is -2.82. The molecule has 2 aromatic carbocycles. The summed E-state index contributed by atoms with van der Waals surface area (Å²) < 4.78 is 10.7. The van der Waals surface area contributed by atoms with Crippen molar-refractivity contribution in [1.82, 2.24) is 4.90 Å². The van der Waals surface area contributed by atoms with Gasteiger partial charge in [0, 0.05) is 5.56 Å². The highest BCUT2D eigenvalue weighted by atomic mass is 16.6. The summed E-state index contributed by atoms with van der Waals surface area (Å²) in [6.07, 6.45) is -0.957. The van der Waals surface area contributed by atoms with Gasteiger partial charge in [-0.3, -0.25) is 4.79 Å². The molecular formula is C19H19NO4. The number of carbonyl (C=O) groups excluding carboxylic acids is 2. The van der Waals surface area contributed by atoms with Crippen molar-refractivity contribution >= 4 is 12.0 Å². The van der Waals surface area contributed by atoms with Crippen LogP contribution in [0.3, 0.4) is 0 Å². The topological polar surface area (TPSA) is 55.8 Å². The van der Waals surface area contributed by atoms with Crippen molar-refractivity contribution in [2.45, 2.75) is 25.5 Å². The largest absolute Gasteiger partial charge is 0.496 e. The Labute approximate surface area is 140 Å². The van der Waals surface area contributed by atoms with E-state index in [1.807, 2.05) is 55.5 Å². The van der Waals surface area contributed by atoms with Crippen LogP contribution in [0, 0.1) is 0 Å². The molecular weight excluding hydrogens is 306 g/mol. The number of cyclic esters (lactones) is 1. The lowest BCUT2D eigenvalue weighted by molar-refractivity contribution is -0.128. The normalized spacial score (nSPS) is 19.9. The van der Waals surface area contributed by atoms with Gasteiger partial charge in [0.05, 0.1) is 19.6 Å². The summed E-state index contributed by atoms with van der Waals surface area (Å²) in [7, 11) is 1.56. The monoisotopic (exact) mass is 325 g/mol. The van der Waals surface area contributed by atoms with E-state index < -0.39 is 12.2 Å². The Bertz CT molecular complexity index is 744. The third-order valence-electron chi connectivity index (χ3n) is 4.20. The number of para-hydroxylation sites is 1. The van der Waals surface area contributed by atoms with Gasteiger partial charge in [0.25, 0.3) is 0 Å². The molecule has 1 saturated heterocycles. The molecule has 1 aliphatic rings. The summed E-state index contributed by atoms with van der Waals surface area (Å²) in [4.78, 5) is 26.1. The van der Waals surface area contributed by atoms with E-state index >= 15 is 0 Å². The van der Waals surface area contributed by atoms with Crippen molar-refractivity contribution in [2.24, 2.45) is 0 Å². The number of rotatable bonds is 4. The number of benzene rings is 2. The summed E-state index contributed by atoms with van der Waals surface area (Å²) >= 11 is 0. The number of hydrogen-bond donors (Lipinski definition) is 0. The fourth-order valence-corrected chi connectivity index (χ4v) is 2.98. The summed E-state index contributed by atoms with van der Waals surface area (Å²) in [5, 5.41) is 0. The molecule has 5 heteroatoms. The standard InChI is InChI=1S/C19H19NO4/c1-13-18(14-8-4-3-5-9-14)24-19(22)20(13)17(21)12-15-10-6-7-11-16(15)23-2/h3-11,13,18H,12H2,1-2H3. The van der Waals surface area contributed by atoms with Gasteiger partial charge in [-0.2, -0.15) is 0 Å². The van der Waals surface area contributed by atoms with Crippen molar-refractivity contribution in [3.8, 4) is 5.75 Å². The van der Waals surface area contributed by atoms with Gasteiger partial charge in [-0.05, 0) is 18.6 Å². The van der Waals surface area contributed by atoms with E-state index in [2.05, 4.69) is 0 Å². The number of amides is 2. The van der Waals surface area contributed by atoms with Gasteiger partial charge in [0.15, 0.2) is 0 Å². The van der Waals surface area contributed by atoms with Crippen LogP contribution in [0.5, 0.6) is 5.75 Å². The van der Waals surface area contributed by atoms with Gasteiger partial charge < -0.3 is 9.47 Å². The van der Waals surface area contributed by atoms with Crippen LogP contribution < -0.4 is 4.74 Å². The van der Waals surface area contributed by atoms with E-state index in [0.29, 0.717) is 5.75 Å². The summed E-state index contributed by atoms with van der Waals surface area (Å²) in [6.45, 7) is 1.82. The molecule has 2 unspecified atom stereocenters. The lowest BCUT2D eigenvalue weighted by atomic mass is 10.0. The average molecular weight is 325 g/mol. The van der Waals surface area contributed by atoms with Gasteiger partial charge in [-0.1, -0.05) is 48.5 Å². The van der Waals surface area contributed by atoms with Gasteiger partial charge >= 0.3 is 6.09 Å². The highest BCUT2D eigenvalue weighted by molar-refractivity contribution is 5.95. The molecule has 0 bridgehead atoms. The minimum Gasteiger partial charge on any atom is -0.496 e.